The van der Waals surface area contributed by atoms with Crippen LogP contribution in [0.5, 0.6) is 11.5 Å². The smallest absolute Gasteiger partial charge is 0.160 e. The van der Waals surface area contributed by atoms with Crippen molar-refractivity contribution in [3.05, 3.63) is 235 Å². The van der Waals surface area contributed by atoms with Crippen LogP contribution in [0.15, 0.2) is 212 Å². The lowest BCUT2D eigenvalue weighted by molar-refractivity contribution is 0.436. The van der Waals surface area contributed by atoms with Crippen LogP contribution in [0.4, 0.5) is 0 Å². The fourth-order valence-electron chi connectivity index (χ4n) is 9.43. The van der Waals surface area contributed by atoms with Crippen molar-refractivity contribution >= 4 is 10.9 Å². The lowest BCUT2D eigenvalue weighted by Gasteiger charge is -2.39. The van der Waals surface area contributed by atoms with Gasteiger partial charge >= 0.3 is 0 Å². The number of rotatable bonds is 5. The number of ether oxygens (including phenoxy) is 1. The highest BCUT2D eigenvalue weighted by atomic mass is 16.5. The molecule has 0 saturated heterocycles. The lowest BCUT2D eigenvalue weighted by Crippen LogP contribution is -2.32. The Labute approximate surface area is 348 Å². The average molecular weight is 766 g/mol. The highest BCUT2D eigenvalue weighted by Gasteiger charge is 2.51. The highest BCUT2D eigenvalue weighted by Crippen LogP contribution is 2.62. The first-order valence-electron chi connectivity index (χ1n) is 20.3. The molecule has 1 spiro atoms. The Balaban J connectivity index is 1.09. The van der Waals surface area contributed by atoms with Crippen molar-refractivity contribution in [2.24, 2.45) is 0 Å². The molecule has 2 aromatic heterocycles. The van der Waals surface area contributed by atoms with Gasteiger partial charge in [0.25, 0.3) is 0 Å². The van der Waals surface area contributed by atoms with Crippen LogP contribution in [0.3, 0.4) is 0 Å². The first kappa shape index (κ1) is 34.1. The molecule has 0 saturated carbocycles. The molecule has 0 unspecified atom stereocenters. The number of para-hydroxylation sites is 2. The molecule has 0 radical (unpaired) electrons. The van der Waals surface area contributed by atoms with Gasteiger partial charge in [-0.25, -0.2) is 9.97 Å². The summed E-state index contributed by atoms with van der Waals surface area (Å²) in [6, 6.07) is 73.1. The molecule has 3 heterocycles. The molecule has 1 aliphatic heterocycles. The molecule has 8 aromatic carbocycles. The van der Waals surface area contributed by atoms with E-state index in [-0.39, 0.29) is 0 Å². The minimum absolute atomic E-state index is 0.667. The Kier molecular flexibility index (Phi) is 7.72. The number of nitrogens with zero attached hydrogens (tertiary/aromatic N) is 3. The number of hydrogen-bond acceptors (Lipinski definition) is 4. The van der Waals surface area contributed by atoms with E-state index in [1.807, 2.05) is 30.5 Å². The summed E-state index contributed by atoms with van der Waals surface area (Å²) in [4.78, 5) is 15.2. The van der Waals surface area contributed by atoms with Gasteiger partial charge in [0.2, 0.25) is 0 Å². The molecule has 12 rings (SSSR count). The molecule has 10 aromatic rings. The third kappa shape index (κ3) is 5.35. The minimum atomic E-state index is -0.667. The maximum Gasteiger partial charge on any atom is 0.160 e. The maximum absolute atomic E-state index is 6.71. The predicted molar refractivity (Wildman–Crippen MR) is 242 cm³/mol. The quantitative estimate of drug-likeness (QED) is 0.175. The van der Waals surface area contributed by atoms with Gasteiger partial charge in [-0.1, -0.05) is 158 Å². The van der Waals surface area contributed by atoms with Crippen LogP contribution in [0, 0.1) is 0 Å². The molecule has 4 nitrogen and oxygen atoms in total. The van der Waals surface area contributed by atoms with Crippen LogP contribution < -0.4 is 4.74 Å². The second-order valence-electron chi connectivity index (χ2n) is 15.6. The minimum Gasteiger partial charge on any atom is -0.457 e. The maximum atomic E-state index is 6.71. The Hall–Kier alpha value is -7.95. The van der Waals surface area contributed by atoms with E-state index in [1.165, 1.54) is 22.3 Å². The van der Waals surface area contributed by atoms with Gasteiger partial charge in [0.1, 0.15) is 11.5 Å². The van der Waals surface area contributed by atoms with Crippen molar-refractivity contribution in [3.63, 3.8) is 0 Å². The summed E-state index contributed by atoms with van der Waals surface area (Å²) >= 11 is 0. The second kappa shape index (κ2) is 13.6. The van der Waals surface area contributed by atoms with E-state index < -0.39 is 5.41 Å². The molecule has 0 N–H and O–H groups in total. The molecule has 4 heteroatoms. The first-order valence-corrected chi connectivity index (χ1v) is 20.3. The van der Waals surface area contributed by atoms with E-state index in [4.69, 9.17) is 19.7 Å². The van der Waals surface area contributed by atoms with Crippen LogP contribution in [0.2, 0.25) is 0 Å². The summed E-state index contributed by atoms with van der Waals surface area (Å²) in [6.45, 7) is 0. The average Bonchev–Trinajstić information content (AvgIpc) is 3.61. The van der Waals surface area contributed by atoms with E-state index in [2.05, 4.69) is 182 Å². The summed E-state index contributed by atoms with van der Waals surface area (Å²) in [6.07, 6.45) is 1.86. The largest absolute Gasteiger partial charge is 0.457 e. The summed E-state index contributed by atoms with van der Waals surface area (Å²) < 4.78 is 6.71. The van der Waals surface area contributed by atoms with Gasteiger partial charge in [0.15, 0.2) is 5.82 Å². The molecule has 60 heavy (non-hydrogen) atoms. The van der Waals surface area contributed by atoms with E-state index in [9.17, 15) is 0 Å². The van der Waals surface area contributed by atoms with Crippen molar-refractivity contribution < 1.29 is 4.74 Å². The van der Waals surface area contributed by atoms with Gasteiger partial charge in [-0.2, -0.15) is 0 Å². The molecule has 2 aliphatic rings. The molecule has 0 atom stereocenters. The number of hydrogen-bond donors (Lipinski definition) is 0. The molecule has 1 aliphatic carbocycles. The molecule has 0 fully saturated rings. The van der Waals surface area contributed by atoms with Gasteiger partial charge in [0.05, 0.1) is 22.3 Å². The van der Waals surface area contributed by atoms with E-state index in [0.29, 0.717) is 5.82 Å². The zero-order chi connectivity index (χ0) is 39.6. The van der Waals surface area contributed by atoms with Crippen LogP contribution in [-0.2, 0) is 5.41 Å². The highest BCUT2D eigenvalue weighted by molar-refractivity contribution is 5.93. The lowest BCUT2D eigenvalue weighted by atomic mass is 9.65. The van der Waals surface area contributed by atoms with Gasteiger partial charge in [-0.3, -0.25) is 4.98 Å². The standard InChI is InChI=1S/C56H35N3O/c1-3-13-36(14-4-1)39-17-11-18-42(31-39)51-35-52(59-55(58-51)38-15-5-2-6-16-38)43-27-29-45-44-28-26-40(41-25-24-37-19-12-30-57-50(37)34-41)32-48(44)56(49(45)33-43)46-20-7-9-22-53(46)60-54-23-10-8-21-47(54)56/h1-35H. The molecule has 0 amide bonds. The van der Waals surface area contributed by atoms with E-state index >= 15 is 0 Å². The first-order chi connectivity index (χ1) is 29.7. The van der Waals surface area contributed by atoms with Crippen molar-refractivity contribution in [1.82, 2.24) is 15.0 Å². The van der Waals surface area contributed by atoms with Crippen LogP contribution in [0.25, 0.3) is 78.2 Å². The normalized spacial score (nSPS) is 12.9. The molecular weight excluding hydrogens is 731 g/mol. The Morgan fingerprint density at radius 2 is 0.883 bits per heavy atom. The monoisotopic (exact) mass is 765 g/mol. The summed E-state index contributed by atoms with van der Waals surface area (Å²) in [5.41, 5.74) is 16.7. The molecule has 0 bridgehead atoms. The second-order valence-corrected chi connectivity index (χ2v) is 15.6. The number of fused-ring (bicyclic) bond motifs is 10. The van der Waals surface area contributed by atoms with Crippen LogP contribution in [0.1, 0.15) is 22.3 Å². The summed E-state index contributed by atoms with van der Waals surface area (Å²) in [5, 5.41) is 1.12. The van der Waals surface area contributed by atoms with Crippen molar-refractivity contribution in [1.29, 1.82) is 0 Å². The summed E-state index contributed by atoms with van der Waals surface area (Å²) in [7, 11) is 0. The van der Waals surface area contributed by atoms with Crippen molar-refractivity contribution in [2.45, 2.75) is 5.41 Å². The van der Waals surface area contributed by atoms with Crippen LogP contribution >= 0.6 is 0 Å². The zero-order valence-corrected chi connectivity index (χ0v) is 32.5. The SMILES string of the molecule is c1ccc(-c2cccc(-c3cc(-c4ccc5c(c4)C4(c6ccccc6Oc6ccccc64)c4cc(-c6ccc7cccnc7c6)ccc4-5)nc(-c4ccccc4)n3)c2)cc1. The summed E-state index contributed by atoms with van der Waals surface area (Å²) in [5.74, 6) is 2.40. The predicted octanol–water partition coefficient (Wildman–Crippen LogP) is 13.8. The third-order valence-corrected chi connectivity index (χ3v) is 12.2. The van der Waals surface area contributed by atoms with Crippen molar-refractivity contribution in [2.75, 3.05) is 0 Å². The molecule has 280 valence electrons. The van der Waals surface area contributed by atoms with Gasteiger partial charge in [-0.05, 0) is 93.0 Å². The van der Waals surface area contributed by atoms with Gasteiger partial charge in [-0.15, -0.1) is 0 Å². The third-order valence-electron chi connectivity index (χ3n) is 12.2. The zero-order valence-electron chi connectivity index (χ0n) is 32.5. The topological polar surface area (TPSA) is 47.9 Å². The molecular formula is C56H35N3O. The number of benzene rings is 8. The fraction of sp³-hybridized carbons (Fsp3) is 0.0179. The van der Waals surface area contributed by atoms with Gasteiger partial charge < -0.3 is 4.74 Å². The van der Waals surface area contributed by atoms with Crippen molar-refractivity contribution in [3.8, 4) is 78.8 Å². The number of pyridine rings is 1. The fourth-order valence-corrected chi connectivity index (χ4v) is 9.43. The van der Waals surface area contributed by atoms with Crippen LogP contribution in [-0.4, -0.2) is 15.0 Å². The Morgan fingerprint density at radius 3 is 1.60 bits per heavy atom. The van der Waals surface area contributed by atoms with E-state index in [0.717, 1.165) is 83.9 Å². The van der Waals surface area contributed by atoms with E-state index in [1.54, 1.807) is 0 Å². The number of aromatic nitrogens is 3. The van der Waals surface area contributed by atoms with Gasteiger partial charge in [0, 0.05) is 39.4 Å². The Bertz CT molecular complexity index is 3260. The Morgan fingerprint density at radius 1 is 0.350 bits per heavy atom.